The second-order valence-corrected chi connectivity index (χ2v) is 7.13. The first-order valence-corrected chi connectivity index (χ1v) is 9.75. The van der Waals surface area contributed by atoms with E-state index in [2.05, 4.69) is 49.6 Å². The SMILES string of the molecule is CCOC(=O)c1ccc(NC(=S)N[C@@H](CC)c2ccc(C)c(C)c2)cc1Cl. The summed E-state index contributed by atoms with van der Waals surface area (Å²) in [5, 5.41) is 7.29. The molecule has 2 rings (SSSR count). The molecule has 2 N–H and O–H groups in total. The summed E-state index contributed by atoms with van der Waals surface area (Å²) in [5.41, 5.74) is 4.77. The third-order valence-corrected chi connectivity index (χ3v) is 4.90. The minimum atomic E-state index is -0.435. The summed E-state index contributed by atoms with van der Waals surface area (Å²) in [6.07, 6.45) is 0.896. The molecular weight excluding hydrogens is 380 g/mol. The molecule has 0 aliphatic rings. The molecule has 0 aromatic heterocycles. The van der Waals surface area contributed by atoms with Gasteiger partial charge in [0.1, 0.15) is 0 Å². The van der Waals surface area contributed by atoms with Crippen molar-refractivity contribution in [3.8, 4) is 0 Å². The van der Waals surface area contributed by atoms with Gasteiger partial charge in [0.15, 0.2) is 5.11 Å². The zero-order valence-corrected chi connectivity index (χ0v) is 17.6. The average molecular weight is 405 g/mol. The Labute approximate surface area is 171 Å². The van der Waals surface area contributed by atoms with Crippen molar-refractivity contribution in [3.05, 3.63) is 63.7 Å². The molecule has 1 atom stereocenters. The molecule has 2 aromatic rings. The van der Waals surface area contributed by atoms with Gasteiger partial charge in [-0.25, -0.2) is 4.79 Å². The van der Waals surface area contributed by atoms with Crippen molar-refractivity contribution in [2.24, 2.45) is 0 Å². The molecule has 0 aliphatic carbocycles. The number of nitrogens with one attached hydrogen (secondary N) is 2. The highest BCUT2D eigenvalue weighted by Crippen LogP contribution is 2.23. The van der Waals surface area contributed by atoms with Gasteiger partial charge >= 0.3 is 5.97 Å². The van der Waals surface area contributed by atoms with Crippen LogP contribution >= 0.6 is 23.8 Å². The second-order valence-electron chi connectivity index (χ2n) is 6.32. The Morgan fingerprint density at radius 1 is 1.15 bits per heavy atom. The number of rotatable bonds is 6. The summed E-state index contributed by atoms with van der Waals surface area (Å²) in [7, 11) is 0. The predicted molar refractivity (Wildman–Crippen MR) is 116 cm³/mol. The fourth-order valence-electron chi connectivity index (χ4n) is 2.70. The van der Waals surface area contributed by atoms with E-state index < -0.39 is 5.97 Å². The van der Waals surface area contributed by atoms with E-state index in [1.807, 2.05) is 0 Å². The molecule has 0 fully saturated rings. The average Bonchev–Trinajstić information content (AvgIpc) is 2.62. The first kappa shape index (κ1) is 21.2. The first-order valence-electron chi connectivity index (χ1n) is 8.97. The predicted octanol–water partition coefficient (Wildman–Crippen LogP) is 5.57. The van der Waals surface area contributed by atoms with Crippen molar-refractivity contribution in [2.75, 3.05) is 11.9 Å². The number of benzene rings is 2. The van der Waals surface area contributed by atoms with Crippen LogP contribution in [0.2, 0.25) is 5.02 Å². The van der Waals surface area contributed by atoms with Gasteiger partial charge in [0.05, 0.1) is 23.2 Å². The number of aryl methyl sites for hydroxylation is 2. The van der Waals surface area contributed by atoms with E-state index in [4.69, 9.17) is 28.6 Å². The molecule has 2 aromatic carbocycles. The summed E-state index contributed by atoms with van der Waals surface area (Å²) in [5.74, 6) is -0.435. The third kappa shape index (κ3) is 5.68. The summed E-state index contributed by atoms with van der Waals surface area (Å²) < 4.78 is 4.98. The molecule has 0 saturated heterocycles. The molecule has 0 bridgehead atoms. The summed E-state index contributed by atoms with van der Waals surface area (Å²) >= 11 is 11.6. The van der Waals surface area contributed by atoms with Crippen molar-refractivity contribution in [3.63, 3.8) is 0 Å². The molecule has 0 saturated carbocycles. The molecular formula is C21H25ClN2O2S. The molecule has 0 spiro atoms. The highest BCUT2D eigenvalue weighted by molar-refractivity contribution is 7.80. The van der Waals surface area contributed by atoms with Crippen LogP contribution in [0.1, 0.15) is 53.4 Å². The van der Waals surface area contributed by atoms with Crippen LogP contribution in [0.15, 0.2) is 36.4 Å². The molecule has 0 radical (unpaired) electrons. The van der Waals surface area contributed by atoms with Crippen LogP contribution in [0, 0.1) is 13.8 Å². The van der Waals surface area contributed by atoms with Crippen molar-refractivity contribution < 1.29 is 9.53 Å². The van der Waals surface area contributed by atoms with Crippen LogP contribution in [0.4, 0.5) is 5.69 Å². The highest BCUT2D eigenvalue weighted by Gasteiger charge is 2.14. The van der Waals surface area contributed by atoms with E-state index in [1.165, 1.54) is 16.7 Å². The summed E-state index contributed by atoms with van der Waals surface area (Å²) in [4.78, 5) is 11.8. The van der Waals surface area contributed by atoms with Gasteiger partial charge in [-0.2, -0.15) is 0 Å². The fourth-order valence-corrected chi connectivity index (χ4v) is 3.21. The molecule has 0 aliphatic heterocycles. The Kier molecular flexibility index (Phi) is 7.63. The van der Waals surface area contributed by atoms with Gasteiger partial charge < -0.3 is 15.4 Å². The summed E-state index contributed by atoms with van der Waals surface area (Å²) in [6, 6.07) is 11.6. The number of halogens is 1. The maximum absolute atomic E-state index is 11.8. The second kappa shape index (κ2) is 9.72. The van der Waals surface area contributed by atoms with Crippen molar-refractivity contribution >= 4 is 40.6 Å². The van der Waals surface area contributed by atoms with E-state index in [1.54, 1.807) is 25.1 Å². The highest BCUT2D eigenvalue weighted by atomic mass is 35.5. The van der Waals surface area contributed by atoms with Crippen LogP contribution in [0.5, 0.6) is 0 Å². The number of ether oxygens (including phenoxy) is 1. The minimum Gasteiger partial charge on any atom is -0.462 e. The fraction of sp³-hybridized carbons (Fsp3) is 0.333. The number of carbonyl (C=O) groups is 1. The minimum absolute atomic E-state index is 0.110. The van der Waals surface area contributed by atoms with Crippen LogP contribution in [-0.2, 0) is 4.74 Å². The normalized spacial score (nSPS) is 11.6. The topological polar surface area (TPSA) is 50.4 Å². The standard InChI is InChI=1S/C21H25ClN2O2S/c1-5-19(15-8-7-13(3)14(4)11-15)24-21(27)23-16-9-10-17(18(22)12-16)20(25)26-6-2/h7-12,19H,5-6H2,1-4H3,(H2,23,24,27)/t19-/m0/s1. The lowest BCUT2D eigenvalue weighted by molar-refractivity contribution is 0.0526. The van der Waals surface area contributed by atoms with Gasteiger partial charge in [0, 0.05) is 5.69 Å². The maximum Gasteiger partial charge on any atom is 0.339 e. The van der Waals surface area contributed by atoms with Gasteiger partial charge in [0.25, 0.3) is 0 Å². The molecule has 0 unspecified atom stereocenters. The lowest BCUT2D eigenvalue weighted by Crippen LogP contribution is -2.32. The molecule has 0 heterocycles. The van der Waals surface area contributed by atoms with Gasteiger partial charge in [-0.15, -0.1) is 0 Å². The summed E-state index contributed by atoms with van der Waals surface area (Å²) in [6.45, 7) is 8.38. The molecule has 27 heavy (non-hydrogen) atoms. The van der Waals surface area contributed by atoms with E-state index in [9.17, 15) is 4.79 Å². The van der Waals surface area contributed by atoms with Crippen molar-refractivity contribution in [2.45, 2.75) is 40.2 Å². The molecule has 0 amide bonds. The Hall–Kier alpha value is -2.11. The van der Waals surface area contributed by atoms with Gasteiger partial charge in [-0.05, 0) is 74.3 Å². The van der Waals surface area contributed by atoms with E-state index in [0.717, 1.165) is 6.42 Å². The van der Waals surface area contributed by atoms with Crippen LogP contribution in [0.3, 0.4) is 0 Å². The number of hydrogen-bond donors (Lipinski definition) is 2. The monoisotopic (exact) mass is 404 g/mol. The number of thiocarbonyl (C=S) groups is 1. The van der Waals surface area contributed by atoms with Crippen LogP contribution in [0.25, 0.3) is 0 Å². The lowest BCUT2D eigenvalue weighted by atomic mass is 9.99. The Morgan fingerprint density at radius 3 is 2.48 bits per heavy atom. The van der Waals surface area contributed by atoms with Crippen molar-refractivity contribution in [1.29, 1.82) is 0 Å². The van der Waals surface area contributed by atoms with Gasteiger partial charge in [-0.1, -0.05) is 36.7 Å². The zero-order valence-electron chi connectivity index (χ0n) is 16.1. The van der Waals surface area contributed by atoms with Gasteiger partial charge in [0.2, 0.25) is 0 Å². The zero-order chi connectivity index (χ0) is 20.0. The molecule has 4 nitrogen and oxygen atoms in total. The first-order chi connectivity index (χ1) is 12.8. The molecule has 6 heteroatoms. The third-order valence-electron chi connectivity index (χ3n) is 4.37. The van der Waals surface area contributed by atoms with E-state index in [0.29, 0.717) is 28.0 Å². The Bertz CT molecular complexity index is 839. The number of hydrogen-bond acceptors (Lipinski definition) is 3. The Morgan fingerprint density at radius 2 is 1.89 bits per heavy atom. The number of anilines is 1. The largest absolute Gasteiger partial charge is 0.462 e. The van der Waals surface area contributed by atoms with Crippen LogP contribution < -0.4 is 10.6 Å². The maximum atomic E-state index is 11.8. The Balaban J connectivity index is 2.06. The van der Waals surface area contributed by atoms with Crippen LogP contribution in [-0.4, -0.2) is 17.7 Å². The van der Waals surface area contributed by atoms with Crippen molar-refractivity contribution in [1.82, 2.24) is 5.32 Å². The van der Waals surface area contributed by atoms with Gasteiger partial charge in [-0.3, -0.25) is 0 Å². The number of esters is 1. The molecule has 144 valence electrons. The van der Waals surface area contributed by atoms with E-state index >= 15 is 0 Å². The smallest absolute Gasteiger partial charge is 0.339 e. The number of carbonyl (C=O) groups excluding carboxylic acids is 1. The lowest BCUT2D eigenvalue weighted by Gasteiger charge is -2.21. The quantitative estimate of drug-likeness (QED) is 0.486. The van der Waals surface area contributed by atoms with E-state index in [-0.39, 0.29) is 6.04 Å².